The maximum absolute atomic E-state index is 13.4. The molecule has 1 radical (unpaired) electrons. The van der Waals surface area contributed by atoms with Crippen molar-refractivity contribution in [3.63, 3.8) is 0 Å². The molecule has 0 atom stereocenters. The minimum absolute atomic E-state index is 0. The zero-order valence-corrected chi connectivity index (χ0v) is 21.4. The van der Waals surface area contributed by atoms with Gasteiger partial charge in [-0.05, 0) is 30.7 Å². The van der Waals surface area contributed by atoms with Crippen molar-refractivity contribution in [2.75, 3.05) is 0 Å². The molecule has 0 amide bonds. The Bertz CT molecular complexity index is 1440. The molecular weight excluding hydrogens is 621 g/mol. The summed E-state index contributed by atoms with van der Waals surface area (Å²) in [6.45, 7) is 4.22. The van der Waals surface area contributed by atoms with E-state index in [9.17, 15) is 8.78 Å². The van der Waals surface area contributed by atoms with Crippen molar-refractivity contribution in [3.05, 3.63) is 114 Å². The number of nitrogens with zero attached hydrogens (tertiary/aromatic N) is 3. The molecule has 3 aromatic carbocycles. The van der Waals surface area contributed by atoms with Crippen molar-refractivity contribution < 1.29 is 28.9 Å². The molecule has 0 aliphatic carbocycles. The fraction of sp³-hybridized carbons (Fsp3) is 0.0690. The molecule has 0 aliphatic heterocycles. The minimum Gasteiger partial charge on any atom is -0.304 e. The molecule has 35 heavy (non-hydrogen) atoms. The molecule has 0 N–H and O–H groups in total. The summed E-state index contributed by atoms with van der Waals surface area (Å²) in [6, 6.07) is 28.3. The van der Waals surface area contributed by atoms with Crippen molar-refractivity contribution in [3.8, 4) is 44.9 Å². The SMILES string of the molecule is Cc1cc(C)cc(-c2ccccc2-c2c[c-]c(-c3ccc(-c4nc(F)cc(F)n4)cn3)cc2)c1.[Ir]. The van der Waals surface area contributed by atoms with E-state index in [4.69, 9.17) is 0 Å². The van der Waals surface area contributed by atoms with E-state index in [1.165, 1.54) is 28.5 Å². The summed E-state index contributed by atoms with van der Waals surface area (Å²) in [5.74, 6) is -1.88. The van der Waals surface area contributed by atoms with Gasteiger partial charge >= 0.3 is 0 Å². The molecule has 0 aliphatic rings. The monoisotopic (exact) mass is 641 g/mol. The maximum Gasteiger partial charge on any atom is 0.219 e. The molecule has 5 aromatic rings. The van der Waals surface area contributed by atoms with Crippen LogP contribution in [0.25, 0.3) is 44.9 Å². The van der Waals surface area contributed by atoms with Crippen LogP contribution in [0, 0.1) is 31.8 Å². The Morgan fingerprint density at radius 1 is 0.686 bits per heavy atom. The summed E-state index contributed by atoms with van der Waals surface area (Å²) in [4.78, 5) is 11.7. The molecule has 2 aromatic heterocycles. The third-order valence-corrected chi connectivity index (χ3v) is 5.54. The van der Waals surface area contributed by atoms with E-state index in [0.29, 0.717) is 17.3 Å². The Kier molecular flexibility index (Phi) is 7.25. The predicted molar refractivity (Wildman–Crippen MR) is 130 cm³/mol. The number of pyridine rings is 1. The second-order valence-electron chi connectivity index (χ2n) is 8.18. The number of benzene rings is 3. The van der Waals surface area contributed by atoms with E-state index >= 15 is 0 Å². The molecule has 6 heteroatoms. The van der Waals surface area contributed by atoms with Crippen molar-refractivity contribution in [2.24, 2.45) is 0 Å². The van der Waals surface area contributed by atoms with Crippen molar-refractivity contribution in [2.45, 2.75) is 13.8 Å². The Balaban J connectivity index is 0.00000289. The summed E-state index contributed by atoms with van der Waals surface area (Å²) in [6.07, 6.45) is 1.50. The number of hydrogen-bond donors (Lipinski definition) is 0. The van der Waals surface area contributed by atoms with E-state index in [1.807, 2.05) is 30.3 Å². The Labute approximate surface area is 216 Å². The zero-order chi connectivity index (χ0) is 23.7. The van der Waals surface area contributed by atoms with Gasteiger partial charge in [0.05, 0.1) is 0 Å². The van der Waals surface area contributed by atoms with Crippen LogP contribution in [-0.2, 0) is 20.1 Å². The molecule has 3 nitrogen and oxygen atoms in total. The normalized spacial score (nSPS) is 10.6. The van der Waals surface area contributed by atoms with Gasteiger partial charge in [-0.1, -0.05) is 76.9 Å². The van der Waals surface area contributed by atoms with Crippen LogP contribution in [0.1, 0.15) is 11.1 Å². The number of aryl methyl sites for hydroxylation is 2. The molecule has 175 valence electrons. The average Bonchev–Trinajstić information content (AvgIpc) is 2.83. The fourth-order valence-electron chi connectivity index (χ4n) is 4.07. The first-order chi connectivity index (χ1) is 16.5. The first-order valence-corrected chi connectivity index (χ1v) is 10.8. The Morgan fingerprint density at radius 3 is 1.89 bits per heavy atom. The van der Waals surface area contributed by atoms with Crippen molar-refractivity contribution in [1.29, 1.82) is 0 Å². The molecule has 0 saturated carbocycles. The molecule has 0 bridgehead atoms. The van der Waals surface area contributed by atoms with E-state index in [-0.39, 0.29) is 25.9 Å². The standard InChI is InChI=1S/C29H20F2N3.Ir/c1-18-13-19(2)15-23(14-18)25-6-4-3-5-24(25)20-7-9-21(10-8-20)26-12-11-22(17-32-26)29-33-27(30)16-28(31)34-29;/h3-9,11-17H,1-2H3;/q-1;. The van der Waals surface area contributed by atoms with E-state index in [0.717, 1.165) is 16.7 Å². The van der Waals surface area contributed by atoms with Crippen LogP contribution >= 0.6 is 0 Å². The summed E-state index contributed by atoms with van der Waals surface area (Å²) in [5, 5.41) is 0. The van der Waals surface area contributed by atoms with Crippen LogP contribution in [0.4, 0.5) is 8.78 Å². The molecule has 0 fully saturated rings. The first-order valence-electron chi connectivity index (χ1n) is 10.8. The number of aromatic nitrogens is 3. The van der Waals surface area contributed by atoms with Gasteiger partial charge in [0, 0.05) is 37.9 Å². The average molecular weight is 641 g/mol. The van der Waals surface area contributed by atoms with Crippen molar-refractivity contribution in [1.82, 2.24) is 15.0 Å². The van der Waals surface area contributed by atoms with Crippen LogP contribution in [0.5, 0.6) is 0 Å². The van der Waals surface area contributed by atoms with Gasteiger partial charge in [0.25, 0.3) is 0 Å². The van der Waals surface area contributed by atoms with Gasteiger partial charge in [-0.2, -0.15) is 18.7 Å². The molecule has 5 rings (SSSR count). The van der Waals surface area contributed by atoms with Gasteiger partial charge in [0.1, 0.15) is 0 Å². The van der Waals surface area contributed by atoms with Crippen LogP contribution in [0.15, 0.2) is 85.1 Å². The largest absolute Gasteiger partial charge is 0.304 e. The summed E-state index contributed by atoms with van der Waals surface area (Å²) in [7, 11) is 0. The molecule has 0 saturated heterocycles. The first kappa shape index (κ1) is 24.5. The number of rotatable bonds is 4. The maximum atomic E-state index is 13.4. The van der Waals surface area contributed by atoms with Gasteiger partial charge < -0.3 is 4.98 Å². The summed E-state index contributed by atoms with van der Waals surface area (Å²) in [5.41, 5.74) is 8.93. The third-order valence-electron chi connectivity index (χ3n) is 5.54. The van der Waals surface area contributed by atoms with E-state index in [2.05, 4.69) is 65.2 Å². The number of halogens is 2. The molecule has 0 unspecified atom stereocenters. The second-order valence-corrected chi connectivity index (χ2v) is 8.18. The van der Waals surface area contributed by atoms with Crippen LogP contribution < -0.4 is 0 Å². The Hall–Kier alpha value is -3.60. The Morgan fingerprint density at radius 2 is 1.31 bits per heavy atom. The van der Waals surface area contributed by atoms with Gasteiger partial charge in [0.2, 0.25) is 11.9 Å². The van der Waals surface area contributed by atoms with Gasteiger partial charge in [0.15, 0.2) is 5.82 Å². The van der Waals surface area contributed by atoms with Crippen LogP contribution in [0.3, 0.4) is 0 Å². The van der Waals surface area contributed by atoms with Gasteiger partial charge in [-0.25, -0.2) is 0 Å². The van der Waals surface area contributed by atoms with Gasteiger partial charge in [-0.3, -0.25) is 0 Å². The van der Waals surface area contributed by atoms with E-state index in [1.54, 1.807) is 12.1 Å². The number of hydrogen-bond acceptors (Lipinski definition) is 3. The van der Waals surface area contributed by atoms with Gasteiger partial charge in [-0.15, -0.1) is 29.8 Å². The predicted octanol–water partition coefficient (Wildman–Crippen LogP) is 7.23. The molecule has 0 spiro atoms. The quantitative estimate of drug-likeness (QED) is 0.154. The zero-order valence-electron chi connectivity index (χ0n) is 19.0. The van der Waals surface area contributed by atoms with Crippen molar-refractivity contribution >= 4 is 0 Å². The van der Waals surface area contributed by atoms with Crippen LogP contribution in [0.2, 0.25) is 0 Å². The second kappa shape index (κ2) is 10.3. The van der Waals surface area contributed by atoms with Crippen LogP contribution in [-0.4, -0.2) is 15.0 Å². The fourth-order valence-corrected chi connectivity index (χ4v) is 4.07. The van der Waals surface area contributed by atoms with E-state index < -0.39 is 11.9 Å². The molecular formula is C29H20F2IrN3-. The summed E-state index contributed by atoms with van der Waals surface area (Å²) >= 11 is 0. The third kappa shape index (κ3) is 5.40. The summed E-state index contributed by atoms with van der Waals surface area (Å²) < 4.78 is 26.8. The topological polar surface area (TPSA) is 38.7 Å². The smallest absolute Gasteiger partial charge is 0.219 e. The molecule has 2 heterocycles. The minimum atomic E-state index is -0.920.